The van der Waals surface area contributed by atoms with Gasteiger partial charge in [0.25, 0.3) is 0 Å². The number of anilines is 1. The van der Waals surface area contributed by atoms with E-state index >= 15 is 0 Å². The van der Waals surface area contributed by atoms with Crippen molar-refractivity contribution in [3.63, 3.8) is 0 Å². The van der Waals surface area contributed by atoms with Crippen LogP contribution in [0.3, 0.4) is 0 Å². The molecule has 158 valence electrons. The quantitative estimate of drug-likeness (QED) is 0.577. The highest BCUT2D eigenvalue weighted by atomic mass is 32.2. The second-order valence-corrected chi connectivity index (χ2v) is 10.8. The second-order valence-electron chi connectivity index (χ2n) is 7.31. The van der Waals surface area contributed by atoms with Crippen LogP contribution >= 0.6 is 11.8 Å². The number of carbonyl (C=O) groups is 1. The Bertz CT molecular complexity index is 1210. The Hall–Kier alpha value is -2.42. The van der Waals surface area contributed by atoms with Crippen molar-refractivity contribution in [3.8, 4) is 0 Å². The standard InChI is InChI=1S/C22H25N3O3S2/c1-14-8-6-7-9-19(14)24-22(26)16(3)29-21-12-15(2)18-13-17(10-11-20(18)23-21)30(27,28)25(4)5/h6-13,16H,1-5H3,(H,24,26). The molecule has 2 aromatic carbocycles. The first-order valence-corrected chi connectivity index (χ1v) is 11.8. The normalized spacial score (nSPS) is 12.9. The number of aromatic nitrogens is 1. The number of nitrogens with zero attached hydrogens (tertiary/aromatic N) is 2. The predicted molar refractivity (Wildman–Crippen MR) is 122 cm³/mol. The van der Waals surface area contributed by atoms with Gasteiger partial charge in [0.2, 0.25) is 15.9 Å². The molecular formula is C22H25N3O3S2. The van der Waals surface area contributed by atoms with E-state index in [1.54, 1.807) is 18.2 Å². The molecule has 0 aliphatic heterocycles. The summed E-state index contributed by atoms with van der Waals surface area (Å²) in [4.78, 5) is 17.5. The number of hydrogen-bond acceptors (Lipinski definition) is 5. The van der Waals surface area contributed by atoms with E-state index in [2.05, 4.69) is 10.3 Å². The molecule has 0 aliphatic carbocycles. The molecule has 1 amide bonds. The van der Waals surface area contributed by atoms with E-state index in [9.17, 15) is 13.2 Å². The van der Waals surface area contributed by atoms with Crippen molar-refractivity contribution in [1.29, 1.82) is 0 Å². The maximum atomic E-state index is 12.6. The van der Waals surface area contributed by atoms with Crippen molar-refractivity contribution in [2.75, 3.05) is 19.4 Å². The summed E-state index contributed by atoms with van der Waals surface area (Å²) in [5.41, 5.74) is 3.41. The number of aryl methyl sites for hydroxylation is 2. The number of hydrogen-bond donors (Lipinski definition) is 1. The van der Waals surface area contributed by atoms with Gasteiger partial charge in [-0.25, -0.2) is 17.7 Å². The SMILES string of the molecule is Cc1ccccc1NC(=O)C(C)Sc1cc(C)c2cc(S(=O)(=O)N(C)C)ccc2n1. The largest absolute Gasteiger partial charge is 0.325 e. The van der Waals surface area contributed by atoms with Crippen molar-refractivity contribution in [3.05, 3.63) is 59.7 Å². The molecule has 3 rings (SSSR count). The van der Waals surface area contributed by atoms with Gasteiger partial charge in [0.15, 0.2) is 0 Å². The third-order valence-corrected chi connectivity index (χ3v) is 7.64. The molecule has 8 heteroatoms. The molecule has 0 radical (unpaired) electrons. The van der Waals surface area contributed by atoms with Gasteiger partial charge in [-0.3, -0.25) is 4.79 Å². The lowest BCUT2D eigenvalue weighted by molar-refractivity contribution is -0.115. The molecule has 1 aromatic heterocycles. The Morgan fingerprint density at radius 1 is 1.07 bits per heavy atom. The van der Waals surface area contributed by atoms with Crippen LogP contribution in [0.4, 0.5) is 5.69 Å². The third kappa shape index (κ3) is 4.66. The Balaban J connectivity index is 1.83. The Morgan fingerprint density at radius 2 is 1.77 bits per heavy atom. The van der Waals surface area contributed by atoms with Gasteiger partial charge in [0.1, 0.15) is 0 Å². The molecule has 0 bridgehead atoms. The summed E-state index contributed by atoms with van der Waals surface area (Å²) < 4.78 is 26.0. The average molecular weight is 444 g/mol. The number of sulfonamides is 1. The van der Waals surface area contributed by atoms with E-state index in [1.165, 1.54) is 30.2 Å². The molecule has 1 unspecified atom stereocenters. The van der Waals surface area contributed by atoms with E-state index in [-0.39, 0.29) is 16.1 Å². The van der Waals surface area contributed by atoms with Crippen LogP contribution in [0.5, 0.6) is 0 Å². The average Bonchev–Trinajstić information content (AvgIpc) is 2.69. The minimum Gasteiger partial charge on any atom is -0.325 e. The zero-order valence-corrected chi connectivity index (χ0v) is 19.3. The first kappa shape index (κ1) is 22.3. The summed E-state index contributed by atoms with van der Waals surface area (Å²) in [6.45, 7) is 5.71. The van der Waals surface area contributed by atoms with E-state index in [0.717, 1.165) is 27.2 Å². The monoisotopic (exact) mass is 443 g/mol. The number of amides is 1. The van der Waals surface area contributed by atoms with Crippen molar-refractivity contribution >= 4 is 44.3 Å². The lowest BCUT2D eigenvalue weighted by Crippen LogP contribution is -2.23. The second kappa shape index (κ2) is 8.75. The van der Waals surface area contributed by atoms with Gasteiger partial charge in [0, 0.05) is 25.2 Å². The van der Waals surface area contributed by atoms with Crippen LogP contribution in [-0.2, 0) is 14.8 Å². The number of para-hydroxylation sites is 1. The van der Waals surface area contributed by atoms with Gasteiger partial charge in [0.05, 0.1) is 20.7 Å². The topological polar surface area (TPSA) is 79.4 Å². The molecule has 0 saturated heterocycles. The molecular weight excluding hydrogens is 418 g/mol. The molecule has 30 heavy (non-hydrogen) atoms. The van der Waals surface area contributed by atoms with Crippen LogP contribution in [0.1, 0.15) is 18.1 Å². The zero-order valence-electron chi connectivity index (χ0n) is 17.6. The lowest BCUT2D eigenvalue weighted by Gasteiger charge is -2.15. The van der Waals surface area contributed by atoms with Crippen LogP contribution in [0.25, 0.3) is 10.9 Å². The number of benzene rings is 2. The maximum Gasteiger partial charge on any atom is 0.242 e. The predicted octanol–water partition coefficient (Wildman–Crippen LogP) is 4.22. The fourth-order valence-electron chi connectivity index (χ4n) is 2.96. The number of nitrogens with one attached hydrogen (secondary N) is 1. The van der Waals surface area contributed by atoms with Crippen molar-refractivity contribution < 1.29 is 13.2 Å². The van der Waals surface area contributed by atoms with Gasteiger partial charge < -0.3 is 5.32 Å². The molecule has 0 aliphatic rings. The highest BCUT2D eigenvalue weighted by Gasteiger charge is 2.20. The van der Waals surface area contributed by atoms with Crippen LogP contribution in [0.2, 0.25) is 0 Å². The first-order valence-electron chi connectivity index (χ1n) is 9.46. The summed E-state index contributed by atoms with van der Waals surface area (Å²) in [5.74, 6) is -0.0960. The van der Waals surface area contributed by atoms with Gasteiger partial charge in [-0.15, -0.1) is 0 Å². The summed E-state index contributed by atoms with van der Waals surface area (Å²) in [7, 11) is -0.496. The van der Waals surface area contributed by atoms with Crippen molar-refractivity contribution in [1.82, 2.24) is 9.29 Å². The summed E-state index contributed by atoms with van der Waals surface area (Å²) >= 11 is 1.37. The van der Waals surface area contributed by atoms with Crippen LogP contribution in [0, 0.1) is 13.8 Å². The molecule has 1 N–H and O–H groups in total. The van der Waals surface area contributed by atoms with E-state index in [1.807, 2.05) is 51.1 Å². The highest BCUT2D eigenvalue weighted by molar-refractivity contribution is 8.00. The molecule has 6 nitrogen and oxygen atoms in total. The molecule has 1 heterocycles. The van der Waals surface area contributed by atoms with Crippen LogP contribution in [0.15, 0.2) is 58.5 Å². The van der Waals surface area contributed by atoms with Gasteiger partial charge >= 0.3 is 0 Å². The molecule has 0 saturated carbocycles. The summed E-state index contributed by atoms with van der Waals surface area (Å²) in [6.07, 6.45) is 0. The highest BCUT2D eigenvalue weighted by Crippen LogP contribution is 2.29. The Morgan fingerprint density at radius 3 is 2.43 bits per heavy atom. The van der Waals surface area contributed by atoms with E-state index in [0.29, 0.717) is 5.52 Å². The van der Waals surface area contributed by atoms with Crippen LogP contribution in [-0.4, -0.2) is 43.0 Å². The first-order chi connectivity index (χ1) is 14.1. The Kier molecular flexibility index (Phi) is 6.50. The number of rotatable bonds is 6. The number of thioether (sulfide) groups is 1. The third-order valence-electron chi connectivity index (χ3n) is 4.81. The van der Waals surface area contributed by atoms with Gasteiger partial charge in [-0.2, -0.15) is 0 Å². The van der Waals surface area contributed by atoms with Crippen molar-refractivity contribution in [2.45, 2.75) is 35.9 Å². The van der Waals surface area contributed by atoms with Crippen LogP contribution < -0.4 is 5.32 Å². The van der Waals surface area contributed by atoms with E-state index in [4.69, 9.17) is 0 Å². The zero-order chi connectivity index (χ0) is 22.1. The van der Waals surface area contributed by atoms with Gasteiger partial charge in [-0.1, -0.05) is 30.0 Å². The van der Waals surface area contributed by atoms with Crippen molar-refractivity contribution in [2.24, 2.45) is 0 Å². The minimum absolute atomic E-state index is 0.0960. The number of carbonyl (C=O) groups excluding carboxylic acids is 1. The number of fused-ring (bicyclic) bond motifs is 1. The summed E-state index contributed by atoms with van der Waals surface area (Å²) in [6, 6.07) is 14.5. The molecule has 0 fully saturated rings. The number of pyridine rings is 1. The van der Waals surface area contributed by atoms with Gasteiger partial charge in [-0.05, 0) is 62.2 Å². The molecule has 3 aromatic rings. The Labute approximate surface area is 181 Å². The minimum atomic E-state index is -3.51. The molecule has 1 atom stereocenters. The molecule has 0 spiro atoms. The lowest BCUT2D eigenvalue weighted by atomic mass is 10.1. The van der Waals surface area contributed by atoms with E-state index < -0.39 is 10.0 Å². The summed E-state index contributed by atoms with van der Waals surface area (Å²) in [5, 5.41) is 4.11. The smallest absolute Gasteiger partial charge is 0.242 e. The maximum absolute atomic E-state index is 12.6. The fourth-order valence-corrected chi connectivity index (χ4v) is 4.81. The fraction of sp³-hybridized carbons (Fsp3) is 0.273.